The summed E-state index contributed by atoms with van der Waals surface area (Å²) in [5.74, 6) is 1.40. The van der Waals surface area contributed by atoms with E-state index >= 15 is 0 Å². The zero-order valence-corrected chi connectivity index (χ0v) is 19.3. The van der Waals surface area contributed by atoms with Gasteiger partial charge in [0.2, 0.25) is 5.91 Å². The van der Waals surface area contributed by atoms with E-state index in [4.69, 9.17) is 9.72 Å². The molecule has 1 saturated heterocycles. The third kappa shape index (κ3) is 3.40. The van der Waals surface area contributed by atoms with Crippen LogP contribution in [-0.4, -0.2) is 61.8 Å². The van der Waals surface area contributed by atoms with Crippen LogP contribution in [0.1, 0.15) is 12.8 Å². The number of aromatic nitrogens is 5. The van der Waals surface area contributed by atoms with Gasteiger partial charge in [-0.2, -0.15) is 5.10 Å². The lowest BCUT2D eigenvalue weighted by Gasteiger charge is -2.22. The highest BCUT2D eigenvalue weighted by Gasteiger charge is 2.52. The number of nitrogens with one attached hydrogen (secondary N) is 1. The van der Waals surface area contributed by atoms with Gasteiger partial charge in [0.1, 0.15) is 23.2 Å². The fourth-order valence-electron chi connectivity index (χ4n) is 5.04. The van der Waals surface area contributed by atoms with Gasteiger partial charge in [-0.05, 0) is 25.8 Å². The number of fused-ring (bicyclic) bond motifs is 2. The van der Waals surface area contributed by atoms with Crippen molar-refractivity contribution < 1.29 is 9.53 Å². The van der Waals surface area contributed by atoms with Gasteiger partial charge in [-0.15, -0.1) is 0 Å². The van der Waals surface area contributed by atoms with Crippen LogP contribution in [-0.2, 0) is 11.8 Å². The number of carbonyl (C=O) groups is 1. The Hall–Kier alpha value is -3.85. The van der Waals surface area contributed by atoms with Gasteiger partial charge in [0, 0.05) is 36.5 Å². The van der Waals surface area contributed by atoms with E-state index in [0.717, 1.165) is 23.2 Å². The molecule has 9 heteroatoms. The van der Waals surface area contributed by atoms with E-state index in [2.05, 4.69) is 25.3 Å². The molecule has 0 bridgehead atoms. The van der Waals surface area contributed by atoms with Crippen LogP contribution in [0, 0.1) is 5.92 Å². The van der Waals surface area contributed by atoms with Crippen LogP contribution < -0.4 is 10.1 Å². The van der Waals surface area contributed by atoms with Gasteiger partial charge in [0.05, 0.1) is 18.7 Å². The average molecular weight is 456 g/mol. The summed E-state index contributed by atoms with van der Waals surface area (Å²) in [6, 6.07) is 12.1. The van der Waals surface area contributed by atoms with Crippen molar-refractivity contribution >= 4 is 22.8 Å². The maximum Gasteiger partial charge on any atom is 0.242 e. The highest BCUT2D eigenvalue weighted by Crippen LogP contribution is 2.47. The number of carbonyl (C=O) groups excluding carboxylic acids is 1. The summed E-state index contributed by atoms with van der Waals surface area (Å²) in [4.78, 5) is 29.0. The molecule has 172 valence electrons. The van der Waals surface area contributed by atoms with Crippen molar-refractivity contribution in [3.63, 3.8) is 0 Å². The predicted octanol–water partition coefficient (Wildman–Crippen LogP) is 3.13. The molecular weight excluding hydrogens is 430 g/mol. The number of rotatable bonds is 5. The van der Waals surface area contributed by atoms with Gasteiger partial charge < -0.3 is 10.1 Å². The Morgan fingerprint density at radius 1 is 1.12 bits per heavy atom. The Kier molecular flexibility index (Phi) is 4.80. The minimum Gasteiger partial charge on any atom is -0.493 e. The van der Waals surface area contributed by atoms with Crippen molar-refractivity contribution in [3.05, 3.63) is 48.9 Å². The van der Waals surface area contributed by atoms with Crippen LogP contribution in [0.3, 0.4) is 0 Å². The lowest BCUT2D eigenvalue weighted by Crippen LogP contribution is -2.39. The number of aryl methyl sites for hydroxylation is 1. The van der Waals surface area contributed by atoms with Gasteiger partial charge in [0.25, 0.3) is 0 Å². The third-order valence-corrected chi connectivity index (χ3v) is 6.90. The topological polar surface area (TPSA) is 98.1 Å². The zero-order valence-electron chi connectivity index (χ0n) is 19.3. The first-order valence-corrected chi connectivity index (χ1v) is 11.4. The van der Waals surface area contributed by atoms with Crippen molar-refractivity contribution in [1.29, 1.82) is 0 Å². The molecule has 34 heavy (non-hydrogen) atoms. The van der Waals surface area contributed by atoms with Crippen LogP contribution in [0.2, 0.25) is 0 Å². The maximum absolute atomic E-state index is 13.1. The smallest absolute Gasteiger partial charge is 0.242 e. The summed E-state index contributed by atoms with van der Waals surface area (Å²) in [7, 11) is 5.46. The lowest BCUT2D eigenvalue weighted by molar-refractivity contribution is -0.120. The number of ether oxygens (including phenoxy) is 1. The molecule has 1 saturated carbocycles. The van der Waals surface area contributed by atoms with Crippen LogP contribution in [0.25, 0.3) is 33.5 Å². The number of likely N-dealkylation sites (N-methyl/N-ethyl adjacent to an activating group) is 1. The molecular formula is C25H25N7O2. The number of hydrogen-bond donors (Lipinski definition) is 1. The molecule has 1 aliphatic carbocycles. The molecule has 1 aliphatic heterocycles. The minimum absolute atomic E-state index is 0.0652. The van der Waals surface area contributed by atoms with Gasteiger partial charge in [0.15, 0.2) is 11.6 Å². The third-order valence-electron chi connectivity index (χ3n) is 6.90. The number of anilines is 1. The van der Waals surface area contributed by atoms with Crippen molar-refractivity contribution in [1.82, 2.24) is 29.6 Å². The van der Waals surface area contributed by atoms with Crippen LogP contribution in [0.15, 0.2) is 48.9 Å². The number of likely N-dealkylation sites (tertiary alicyclic amines) is 1. The monoisotopic (exact) mass is 455 g/mol. The number of hydrogen-bond acceptors (Lipinski definition) is 7. The van der Waals surface area contributed by atoms with Crippen LogP contribution in [0.4, 0.5) is 5.82 Å². The van der Waals surface area contributed by atoms with Crippen LogP contribution >= 0.6 is 0 Å². The minimum atomic E-state index is -0.152. The van der Waals surface area contributed by atoms with E-state index in [1.807, 2.05) is 50.6 Å². The molecule has 0 unspecified atom stereocenters. The molecule has 3 aromatic heterocycles. The second kappa shape index (κ2) is 7.88. The van der Waals surface area contributed by atoms with E-state index in [0.29, 0.717) is 40.3 Å². The van der Waals surface area contributed by atoms with E-state index in [-0.39, 0.29) is 11.9 Å². The van der Waals surface area contributed by atoms with Crippen molar-refractivity contribution in [2.75, 3.05) is 19.5 Å². The van der Waals surface area contributed by atoms with Crippen LogP contribution in [0.5, 0.6) is 5.75 Å². The molecule has 4 aromatic rings. The molecule has 0 spiro atoms. The largest absolute Gasteiger partial charge is 0.493 e. The summed E-state index contributed by atoms with van der Waals surface area (Å²) >= 11 is 0. The van der Waals surface area contributed by atoms with E-state index in [1.54, 1.807) is 17.9 Å². The zero-order chi connectivity index (χ0) is 23.4. The maximum atomic E-state index is 13.1. The first kappa shape index (κ1) is 20.7. The normalized spacial score (nSPS) is 21.4. The fraction of sp³-hybridized carbons (Fsp3) is 0.320. The predicted molar refractivity (Wildman–Crippen MR) is 128 cm³/mol. The number of nitrogens with zero attached hydrogens (tertiary/aromatic N) is 6. The molecule has 6 rings (SSSR count). The van der Waals surface area contributed by atoms with Gasteiger partial charge in [-0.1, -0.05) is 30.3 Å². The molecule has 3 atom stereocenters. The highest BCUT2D eigenvalue weighted by atomic mass is 16.5. The van der Waals surface area contributed by atoms with E-state index in [1.165, 1.54) is 12.7 Å². The Morgan fingerprint density at radius 2 is 1.94 bits per heavy atom. The number of amides is 1. The summed E-state index contributed by atoms with van der Waals surface area (Å²) in [5, 5.41) is 7.67. The number of benzene rings is 1. The quantitative estimate of drug-likeness (QED) is 0.494. The molecule has 1 aromatic carbocycles. The van der Waals surface area contributed by atoms with E-state index < -0.39 is 0 Å². The fourth-order valence-corrected chi connectivity index (χ4v) is 5.04. The van der Waals surface area contributed by atoms with Gasteiger partial charge in [-0.3, -0.25) is 14.4 Å². The SMILES string of the molecule is COc1cc2ncnc(-c3cn(C)nc3-c3ccccc3)c2nc1NC(=O)[C@@H]1C[C@H]2C[C@H]2N1C. The highest BCUT2D eigenvalue weighted by molar-refractivity contribution is 5.99. The van der Waals surface area contributed by atoms with Crippen molar-refractivity contribution in [3.8, 4) is 28.3 Å². The number of pyridine rings is 1. The summed E-state index contributed by atoms with van der Waals surface area (Å²) in [6.45, 7) is 0. The second-order valence-electron chi connectivity index (χ2n) is 9.03. The molecule has 2 aliphatic rings. The first-order valence-electron chi connectivity index (χ1n) is 11.4. The average Bonchev–Trinajstić information content (AvgIpc) is 3.42. The standard InChI is InChI=1S/C25H25N7O2/c1-31-12-16(21(30-31)14-7-5-4-6-8-14)22-23-17(26-13-27-22)11-20(34-3)24(28-23)29-25(33)19-10-15-9-18(15)32(19)2/h4-8,11-13,15,18-19H,9-10H2,1-3H3,(H,28,29,33)/t15-,18-,19+/m1/s1. The van der Waals surface area contributed by atoms with Gasteiger partial charge >= 0.3 is 0 Å². The number of methoxy groups -OCH3 is 1. The van der Waals surface area contributed by atoms with Crippen molar-refractivity contribution in [2.24, 2.45) is 13.0 Å². The second-order valence-corrected chi connectivity index (χ2v) is 9.03. The van der Waals surface area contributed by atoms with Crippen molar-refractivity contribution in [2.45, 2.75) is 24.9 Å². The van der Waals surface area contributed by atoms with Gasteiger partial charge in [-0.25, -0.2) is 15.0 Å². The number of piperidine rings is 1. The first-order chi connectivity index (χ1) is 16.5. The Labute approximate surface area is 196 Å². The Balaban J connectivity index is 1.43. The summed E-state index contributed by atoms with van der Waals surface area (Å²) < 4.78 is 7.31. The Morgan fingerprint density at radius 3 is 2.68 bits per heavy atom. The van der Waals surface area contributed by atoms with E-state index in [9.17, 15) is 4.79 Å². The molecule has 9 nitrogen and oxygen atoms in total. The molecule has 0 radical (unpaired) electrons. The molecule has 1 N–H and O–H groups in total. The summed E-state index contributed by atoms with van der Waals surface area (Å²) in [5.41, 5.74) is 4.47. The summed E-state index contributed by atoms with van der Waals surface area (Å²) in [6.07, 6.45) is 5.51. The molecule has 4 heterocycles. The molecule has 2 fully saturated rings. The lowest BCUT2D eigenvalue weighted by atomic mass is 10.0. The molecule has 1 amide bonds. The Bertz CT molecular complexity index is 1400.